The van der Waals surface area contributed by atoms with E-state index in [0.29, 0.717) is 11.4 Å². The van der Waals surface area contributed by atoms with E-state index in [1.165, 1.54) is 24.3 Å². The first-order chi connectivity index (χ1) is 26.0. The Kier molecular flexibility index (Phi) is 11.5. The number of ether oxygens (including phenoxy) is 2. The first-order valence-electron chi connectivity index (χ1n) is 15.5. The zero-order valence-electron chi connectivity index (χ0n) is 27.5. The van der Waals surface area contributed by atoms with Crippen molar-refractivity contribution in [3.05, 3.63) is 143 Å². The average Bonchev–Trinajstić information content (AvgIpc) is 3.16. The molecule has 0 aliphatic rings. The van der Waals surface area contributed by atoms with Gasteiger partial charge in [-0.05, 0) is 72.8 Å². The number of carbonyl (C=O) groups is 8. The maximum absolute atomic E-state index is 13.4. The molecule has 16 heteroatoms. The number of benzene rings is 5. The van der Waals surface area contributed by atoms with Crippen molar-refractivity contribution in [3.63, 3.8) is 0 Å². The molecule has 0 heterocycles. The van der Waals surface area contributed by atoms with E-state index in [0.717, 1.165) is 24.3 Å². The van der Waals surface area contributed by atoms with E-state index in [-0.39, 0.29) is 35.4 Å². The van der Waals surface area contributed by atoms with Crippen molar-refractivity contribution in [2.45, 2.75) is 0 Å². The normalized spacial score (nSPS) is 10.2. The highest BCUT2D eigenvalue weighted by Crippen LogP contribution is 2.28. The molecule has 0 unspecified atom stereocenters. The van der Waals surface area contributed by atoms with Gasteiger partial charge in [0.1, 0.15) is 11.5 Å². The molecule has 0 bridgehead atoms. The van der Waals surface area contributed by atoms with Gasteiger partial charge in [-0.2, -0.15) is 0 Å². The van der Waals surface area contributed by atoms with E-state index < -0.39 is 69.3 Å². The van der Waals surface area contributed by atoms with Crippen molar-refractivity contribution in [1.29, 1.82) is 0 Å². The van der Waals surface area contributed by atoms with Gasteiger partial charge in [-0.15, -0.1) is 0 Å². The summed E-state index contributed by atoms with van der Waals surface area (Å²) < 4.78 is 9.72. The van der Waals surface area contributed by atoms with Gasteiger partial charge in [0.25, 0.3) is 36.6 Å². The van der Waals surface area contributed by atoms with Gasteiger partial charge in [0, 0.05) is 22.7 Å². The number of para-hydroxylation sites is 2. The summed E-state index contributed by atoms with van der Waals surface area (Å²) in [5.41, 5.74) is -1.67. The van der Waals surface area contributed by atoms with Gasteiger partial charge >= 0.3 is 11.9 Å². The van der Waals surface area contributed by atoms with Crippen LogP contribution in [0.4, 0.5) is 22.7 Å². The second kappa shape index (κ2) is 16.7. The zero-order valence-corrected chi connectivity index (χ0v) is 27.5. The number of aromatic carboxylic acids is 2. The Labute approximate surface area is 304 Å². The number of carbonyl (C=O) groups excluding carboxylic acids is 6. The third-order valence-electron chi connectivity index (χ3n) is 7.49. The monoisotopic (exact) mass is 730 g/mol. The van der Waals surface area contributed by atoms with E-state index in [4.69, 9.17) is 9.47 Å². The molecule has 5 rings (SSSR count). The van der Waals surface area contributed by atoms with Crippen LogP contribution in [0.25, 0.3) is 0 Å². The molecule has 0 aliphatic heterocycles. The molecule has 0 aromatic heterocycles. The predicted molar refractivity (Wildman–Crippen MR) is 191 cm³/mol. The zero-order chi connectivity index (χ0) is 38.8. The topological polar surface area (TPSA) is 244 Å². The number of hydrogen-bond donors (Lipinski definition) is 6. The van der Waals surface area contributed by atoms with E-state index in [1.54, 1.807) is 60.7 Å². The summed E-state index contributed by atoms with van der Waals surface area (Å²) >= 11 is 0. The maximum atomic E-state index is 13.4. The van der Waals surface area contributed by atoms with E-state index >= 15 is 0 Å². The smallest absolute Gasteiger partial charge is 0.336 e. The summed E-state index contributed by atoms with van der Waals surface area (Å²) in [7, 11) is 0. The summed E-state index contributed by atoms with van der Waals surface area (Å²) in [6.07, 6.45) is 0. The highest BCUT2D eigenvalue weighted by Gasteiger charge is 2.26. The molecule has 0 fully saturated rings. The molecule has 0 aliphatic carbocycles. The Morgan fingerprint density at radius 1 is 0.407 bits per heavy atom. The van der Waals surface area contributed by atoms with Gasteiger partial charge in [-0.1, -0.05) is 36.4 Å². The number of hydrogen-bond acceptors (Lipinski definition) is 10. The van der Waals surface area contributed by atoms with E-state index in [1.807, 2.05) is 0 Å². The summed E-state index contributed by atoms with van der Waals surface area (Å²) in [5, 5.41) is 29.7. The minimum atomic E-state index is -1.56. The SMILES string of the molecule is O=COc1cc(C(=O)O)c(C(=O)Nc2ccccc2)cc1C(=O)Nc1ccc(NC(=O)c2cc(C(=O)Nc3ccccc3)c(OC=O)cc2C(=O)O)cc1. The fraction of sp³-hybridized carbons (Fsp3) is 0. The molecule has 0 saturated carbocycles. The first kappa shape index (κ1) is 37.1. The standard InChI is InChI=1S/C38H26N4O12/c43-19-53-31-18-28(38(51)52)26(16-29(31)35(47)40-22-9-5-2-6-10-22)34(46)41-23-11-13-24(14-12-23)42-36(48)30-15-25(27(37(49)50)17-32(30)54-20-44)33(45)39-21-7-3-1-4-8-21/h1-20H,(H,39,45)(H,40,47)(H,41,46)(H,42,48)(H,49,50)(H,51,52). The summed E-state index contributed by atoms with van der Waals surface area (Å²) in [6.45, 7) is -0.0144. The number of rotatable bonds is 14. The van der Waals surface area contributed by atoms with Crippen LogP contribution in [0, 0.1) is 0 Å². The molecular weight excluding hydrogens is 704 g/mol. The van der Waals surface area contributed by atoms with Crippen LogP contribution in [-0.4, -0.2) is 58.7 Å². The number of nitrogens with one attached hydrogen (secondary N) is 4. The molecular formula is C38H26N4O12. The number of carboxylic acids is 2. The molecule has 0 saturated heterocycles. The molecule has 270 valence electrons. The molecule has 4 amide bonds. The quantitative estimate of drug-likeness (QED) is 0.0812. The highest BCUT2D eigenvalue weighted by molar-refractivity contribution is 6.16. The van der Waals surface area contributed by atoms with Gasteiger partial charge in [-0.25, -0.2) is 9.59 Å². The largest absolute Gasteiger partial charge is 0.478 e. The van der Waals surface area contributed by atoms with Crippen LogP contribution < -0.4 is 30.7 Å². The third kappa shape index (κ3) is 8.77. The third-order valence-corrected chi connectivity index (χ3v) is 7.49. The van der Waals surface area contributed by atoms with Crippen molar-refractivity contribution in [2.75, 3.05) is 21.3 Å². The van der Waals surface area contributed by atoms with Crippen LogP contribution in [0.15, 0.2) is 109 Å². The van der Waals surface area contributed by atoms with Gasteiger partial charge in [0.05, 0.1) is 33.4 Å². The summed E-state index contributed by atoms with van der Waals surface area (Å²) in [4.78, 5) is 99.3. The van der Waals surface area contributed by atoms with Crippen LogP contribution in [0.2, 0.25) is 0 Å². The van der Waals surface area contributed by atoms with Crippen LogP contribution in [0.1, 0.15) is 62.1 Å². The first-order valence-corrected chi connectivity index (χ1v) is 15.5. The molecule has 0 spiro atoms. The second-order valence-corrected chi connectivity index (χ2v) is 11.0. The Balaban J connectivity index is 1.38. The van der Waals surface area contributed by atoms with Gasteiger partial charge in [0.15, 0.2) is 0 Å². The summed E-state index contributed by atoms with van der Waals surface area (Å²) in [6, 6.07) is 25.4. The lowest BCUT2D eigenvalue weighted by atomic mass is 10.0. The van der Waals surface area contributed by atoms with Crippen molar-refractivity contribution in [2.24, 2.45) is 0 Å². The van der Waals surface area contributed by atoms with E-state index in [2.05, 4.69) is 21.3 Å². The highest BCUT2D eigenvalue weighted by atomic mass is 16.5. The Bertz CT molecular complexity index is 2290. The van der Waals surface area contributed by atoms with Gasteiger partial charge in [0.2, 0.25) is 0 Å². The molecule has 0 radical (unpaired) electrons. The molecule has 16 nitrogen and oxygen atoms in total. The fourth-order valence-electron chi connectivity index (χ4n) is 5.02. The molecule has 5 aromatic rings. The molecule has 0 atom stereocenters. The van der Waals surface area contributed by atoms with E-state index in [9.17, 15) is 48.6 Å². The predicted octanol–water partition coefficient (Wildman–Crippen LogP) is 5.16. The average molecular weight is 731 g/mol. The Morgan fingerprint density at radius 2 is 0.704 bits per heavy atom. The van der Waals surface area contributed by atoms with Crippen molar-refractivity contribution in [1.82, 2.24) is 0 Å². The van der Waals surface area contributed by atoms with Crippen molar-refractivity contribution in [3.8, 4) is 11.5 Å². The minimum absolute atomic E-state index is 0.00320. The number of carboxylic acid groups (broad SMARTS) is 2. The Hall–Kier alpha value is -8.14. The van der Waals surface area contributed by atoms with Crippen LogP contribution in [-0.2, 0) is 9.59 Å². The second-order valence-electron chi connectivity index (χ2n) is 11.0. The number of anilines is 4. The lowest BCUT2D eigenvalue weighted by Crippen LogP contribution is -2.21. The van der Waals surface area contributed by atoms with Crippen molar-refractivity contribution >= 4 is 71.3 Å². The molecule has 54 heavy (non-hydrogen) atoms. The molecule has 6 N–H and O–H groups in total. The lowest BCUT2D eigenvalue weighted by Gasteiger charge is -2.15. The van der Waals surface area contributed by atoms with Crippen LogP contribution in [0.3, 0.4) is 0 Å². The fourth-order valence-corrected chi connectivity index (χ4v) is 5.02. The van der Waals surface area contributed by atoms with Gasteiger partial charge < -0.3 is 41.0 Å². The van der Waals surface area contributed by atoms with Crippen molar-refractivity contribution < 1.29 is 58.0 Å². The van der Waals surface area contributed by atoms with Gasteiger partial charge in [-0.3, -0.25) is 28.8 Å². The van der Waals surface area contributed by atoms with Crippen LogP contribution >= 0.6 is 0 Å². The maximum Gasteiger partial charge on any atom is 0.336 e. The molecule has 5 aromatic carbocycles. The number of amides is 4. The van der Waals surface area contributed by atoms with Crippen LogP contribution in [0.5, 0.6) is 11.5 Å². The summed E-state index contributed by atoms with van der Waals surface area (Å²) in [5.74, 6) is -7.45. The lowest BCUT2D eigenvalue weighted by molar-refractivity contribution is -0.121. The Morgan fingerprint density at radius 3 is 1.00 bits per heavy atom. The minimum Gasteiger partial charge on any atom is -0.478 e.